The second-order valence-corrected chi connectivity index (χ2v) is 4.81. The molecule has 0 spiro atoms. The number of halogens is 1. The van der Waals surface area contributed by atoms with E-state index in [0.29, 0.717) is 0 Å². The number of hydrogen-bond acceptors (Lipinski definition) is 0. The Morgan fingerprint density at radius 3 is 3.00 bits per heavy atom. The van der Waals surface area contributed by atoms with Gasteiger partial charge in [-0.15, -0.1) is 0 Å². The van der Waals surface area contributed by atoms with E-state index in [1.54, 1.807) is 6.07 Å². The quantitative estimate of drug-likeness (QED) is 0.625. The maximum absolute atomic E-state index is 12.6. The summed E-state index contributed by atoms with van der Waals surface area (Å²) in [6.07, 6.45) is 0. The van der Waals surface area contributed by atoms with E-state index in [4.69, 9.17) is 0 Å². The van der Waals surface area contributed by atoms with Gasteiger partial charge in [0.1, 0.15) is 0 Å². The van der Waals surface area contributed by atoms with E-state index in [9.17, 15) is 4.39 Å². The van der Waals surface area contributed by atoms with Crippen LogP contribution in [0.15, 0.2) is 28.3 Å². The number of benzene rings is 1. The van der Waals surface area contributed by atoms with Crippen molar-refractivity contribution >= 4 is 29.2 Å². The zero-order valence-electron chi connectivity index (χ0n) is 5.17. The normalized spacial score (nSPS) is 10.5. The fraction of sp³-hybridized carbons (Fsp3) is 0. The van der Waals surface area contributed by atoms with E-state index in [1.807, 2.05) is 6.07 Å². The Labute approximate surface area is 67.9 Å². The fourth-order valence-corrected chi connectivity index (χ4v) is 3.25. The summed E-state index contributed by atoms with van der Waals surface area (Å²) in [6, 6.07) is 7.09. The van der Waals surface area contributed by atoms with Gasteiger partial charge in [-0.3, -0.25) is 0 Å². The van der Waals surface area contributed by atoms with Gasteiger partial charge in [0.15, 0.2) is 0 Å². The van der Waals surface area contributed by atoms with Gasteiger partial charge in [-0.25, -0.2) is 0 Å². The molecule has 50 valence electrons. The van der Waals surface area contributed by atoms with Crippen LogP contribution in [0.3, 0.4) is 0 Å². The molecule has 0 saturated heterocycles. The minimum absolute atomic E-state index is 0.104. The first-order chi connectivity index (χ1) is 4.86. The van der Waals surface area contributed by atoms with Gasteiger partial charge < -0.3 is 0 Å². The van der Waals surface area contributed by atoms with Gasteiger partial charge in [-0.1, -0.05) is 0 Å². The average molecular weight is 248 g/mol. The van der Waals surface area contributed by atoms with Gasteiger partial charge in [0.25, 0.3) is 0 Å². The molecule has 1 aromatic carbocycles. The molecular weight excluding hydrogens is 243 g/mol. The van der Waals surface area contributed by atoms with Crippen LogP contribution >= 0.6 is 0 Å². The Kier molecular flexibility index (Phi) is 1.52. The van der Waals surface area contributed by atoms with Crippen molar-refractivity contribution in [2.75, 3.05) is 0 Å². The molecule has 0 amide bonds. The van der Waals surface area contributed by atoms with E-state index in [-0.39, 0.29) is 26.2 Å². The Hall–Kier alpha value is -0.320. The van der Waals surface area contributed by atoms with Crippen LogP contribution in [-0.2, 0) is 0 Å². The molecule has 2 rings (SSSR count). The monoisotopic (exact) mass is 250 g/mol. The third-order valence-electron chi connectivity index (χ3n) is 1.42. The average Bonchev–Trinajstić information content (AvgIpc) is 2.33. The summed E-state index contributed by atoms with van der Waals surface area (Å²) in [5.41, 5.74) is 0. The standard InChI is InChI=1S/C8H5FTe/c9-7-2-1-6-3-4-10-8(6)5-7/h1-5H. The molecule has 0 saturated carbocycles. The van der Waals surface area contributed by atoms with Crippen LogP contribution in [-0.4, -0.2) is 20.4 Å². The summed E-state index contributed by atoms with van der Waals surface area (Å²) in [7, 11) is 0. The van der Waals surface area contributed by atoms with Gasteiger partial charge in [0, 0.05) is 0 Å². The maximum atomic E-state index is 12.6. The van der Waals surface area contributed by atoms with Gasteiger partial charge in [0.2, 0.25) is 0 Å². The van der Waals surface area contributed by atoms with E-state index in [0.717, 1.165) is 0 Å². The van der Waals surface area contributed by atoms with Crippen LogP contribution in [0.5, 0.6) is 0 Å². The molecule has 0 radical (unpaired) electrons. The second-order valence-electron chi connectivity index (χ2n) is 2.10. The molecule has 0 nitrogen and oxygen atoms in total. The van der Waals surface area contributed by atoms with E-state index < -0.39 is 0 Å². The summed E-state index contributed by atoms with van der Waals surface area (Å²) in [5.74, 6) is -0.104. The van der Waals surface area contributed by atoms with Crippen LogP contribution in [0.4, 0.5) is 4.39 Å². The molecular formula is C8H5FTe. The zero-order valence-corrected chi connectivity index (χ0v) is 7.50. The summed E-state index contributed by atoms with van der Waals surface area (Å²) >= 11 is -0.178. The molecule has 1 heterocycles. The molecule has 2 aromatic rings. The van der Waals surface area contributed by atoms with Crippen LogP contribution in [0, 0.1) is 5.82 Å². The first-order valence-electron chi connectivity index (χ1n) is 2.99. The molecule has 0 fully saturated rings. The van der Waals surface area contributed by atoms with E-state index in [1.165, 1.54) is 14.9 Å². The zero-order chi connectivity index (χ0) is 6.97. The van der Waals surface area contributed by atoms with Crippen molar-refractivity contribution in [3.63, 3.8) is 0 Å². The molecule has 0 aliphatic carbocycles. The van der Waals surface area contributed by atoms with Gasteiger partial charge in [-0.05, 0) is 0 Å². The third-order valence-corrected chi connectivity index (χ3v) is 3.93. The minimum atomic E-state index is -0.178. The Morgan fingerprint density at radius 1 is 1.20 bits per heavy atom. The van der Waals surface area contributed by atoms with Gasteiger partial charge >= 0.3 is 67.8 Å². The van der Waals surface area contributed by atoms with Crippen LogP contribution < -0.4 is 0 Å². The predicted molar refractivity (Wildman–Crippen MR) is 40.8 cm³/mol. The molecule has 1 aromatic heterocycles. The molecule has 10 heavy (non-hydrogen) atoms. The third kappa shape index (κ3) is 0.982. The topological polar surface area (TPSA) is 0 Å². The van der Waals surface area contributed by atoms with Crippen LogP contribution in [0.25, 0.3) is 8.79 Å². The van der Waals surface area contributed by atoms with Crippen LogP contribution in [0.2, 0.25) is 0 Å². The summed E-state index contributed by atoms with van der Waals surface area (Å²) < 4.78 is 16.0. The molecule has 0 N–H and O–H groups in total. The summed E-state index contributed by atoms with van der Waals surface area (Å²) in [4.78, 5) is 0. The molecule has 2 heteroatoms. The van der Waals surface area contributed by atoms with E-state index in [2.05, 4.69) is 10.1 Å². The van der Waals surface area contributed by atoms with Crippen molar-refractivity contribution in [3.8, 4) is 0 Å². The molecule has 0 aliphatic heterocycles. The Morgan fingerprint density at radius 2 is 2.10 bits per heavy atom. The summed E-state index contributed by atoms with van der Waals surface area (Å²) in [6.45, 7) is 0. The SMILES string of the molecule is Fc1ccc2cc[te]c2c1. The van der Waals surface area contributed by atoms with Crippen molar-refractivity contribution in [2.45, 2.75) is 0 Å². The number of fused-ring (bicyclic) bond motifs is 1. The number of rotatable bonds is 0. The van der Waals surface area contributed by atoms with Crippen molar-refractivity contribution in [3.05, 3.63) is 34.2 Å². The molecule has 0 aliphatic rings. The first kappa shape index (κ1) is 6.39. The number of hydrogen-bond donors (Lipinski definition) is 0. The van der Waals surface area contributed by atoms with Crippen molar-refractivity contribution in [1.29, 1.82) is 0 Å². The first-order valence-corrected chi connectivity index (χ1v) is 5.50. The molecule has 0 bridgehead atoms. The molecule has 0 atom stereocenters. The Bertz CT molecular complexity index is 351. The fourth-order valence-electron chi connectivity index (χ4n) is 0.929. The van der Waals surface area contributed by atoms with Crippen molar-refractivity contribution < 1.29 is 4.39 Å². The molecule has 0 unspecified atom stereocenters. The summed E-state index contributed by atoms with van der Waals surface area (Å²) in [5, 5.41) is 1.21. The van der Waals surface area contributed by atoms with Gasteiger partial charge in [0.05, 0.1) is 0 Å². The van der Waals surface area contributed by atoms with Crippen LogP contribution in [0.1, 0.15) is 0 Å². The second kappa shape index (κ2) is 2.38. The predicted octanol–water partition coefficient (Wildman–Crippen LogP) is 2.04. The van der Waals surface area contributed by atoms with E-state index >= 15 is 0 Å². The van der Waals surface area contributed by atoms with Crippen molar-refractivity contribution in [1.82, 2.24) is 0 Å². The van der Waals surface area contributed by atoms with Gasteiger partial charge in [-0.2, -0.15) is 0 Å². The van der Waals surface area contributed by atoms with Crippen molar-refractivity contribution in [2.24, 2.45) is 0 Å². The Balaban J connectivity index is 2.86.